The van der Waals surface area contributed by atoms with E-state index in [4.69, 9.17) is 5.73 Å². The van der Waals surface area contributed by atoms with Gasteiger partial charge < -0.3 is 16.0 Å². The van der Waals surface area contributed by atoms with Crippen LogP contribution in [0.4, 0.5) is 4.39 Å². The second-order valence-electron chi connectivity index (χ2n) is 6.00. The van der Waals surface area contributed by atoms with Crippen LogP contribution in [-0.4, -0.2) is 28.5 Å². The van der Waals surface area contributed by atoms with Crippen LogP contribution in [0.1, 0.15) is 31.5 Å². The molecule has 1 aliphatic rings. The van der Waals surface area contributed by atoms with Crippen molar-refractivity contribution >= 4 is 16.9 Å². The minimum absolute atomic E-state index is 0.0458. The van der Waals surface area contributed by atoms with E-state index in [0.717, 1.165) is 30.6 Å². The van der Waals surface area contributed by atoms with Crippen LogP contribution in [0, 0.1) is 11.7 Å². The van der Waals surface area contributed by atoms with E-state index < -0.39 is 0 Å². The highest BCUT2D eigenvalue weighted by atomic mass is 19.1. The maximum Gasteiger partial charge on any atom is 0.220 e. The number of H-pyrrole nitrogens is 1. The molecule has 2 aromatic rings. The molecule has 1 aromatic heterocycles. The van der Waals surface area contributed by atoms with Gasteiger partial charge in [-0.15, -0.1) is 0 Å². The largest absolute Gasteiger partial charge is 0.356 e. The number of fused-ring (bicyclic) bond motifs is 1. The summed E-state index contributed by atoms with van der Waals surface area (Å²) in [5.41, 5.74) is 7.39. The molecule has 0 unspecified atom stereocenters. The van der Waals surface area contributed by atoms with Crippen molar-refractivity contribution in [3.05, 3.63) is 29.8 Å². The Labute approximate surface area is 128 Å². The Morgan fingerprint density at radius 3 is 3.09 bits per heavy atom. The molecule has 22 heavy (non-hydrogen) atoms. The second-order valence-corrected chi connectivity index (χ2v) is 6.00. The Balaban J connectivity index is 1.48. The van der Waals surface area contributed by atoms with Crippen LogP contribution in [0.25, 0.3) is 11.0 Å². The quantitative estimate of drug-likeness (QED) is 0.788. The third kappa shape index (κ3) is 3.44. The van der Waals surface area contributed by atoms with E-state index in [0.29, 0.717) is 30.8 Å². The number of nitrogens with one attached hydrogen (secondary N) is 2. The lowest BCUT2D eigenvalue weighted by Crippen LogP contribution is -2.32. The number of imidazole rings is 1. The van der Waals surface area contributed by atoms with Crippen LogP contribution in [0.2, 0.25) is 0 Å². The zero-order valence-corrected chi connectivity index (χ0v) is 12.4. The molecular weight excluding hydrogens is 283 g/mol. The van der Waals surface area contributed by atoms with Crippen molar-refractivity contribution < 1.29 is 9.18 Å². The number of carbonyl (C=O) groups excluding carboxylic acids is 1. The predicted octanol–water partition coefficient (Wildman–Crippen LogP) is 1.88. The van der Waals surface area contributed by atoms with Gasteiger partial charge in [-0.25, -0.2) is 9.37 Å². The van der Waals surface area contributed by atoms with E-state index in [9.17, 15) is 9.18 Å². The van der Waals surface area contributed by atoms with Crippen LogP contribution >= 0.6 is 0 Å². The summed E-state index contributed by atoms with van der Waals surface area (Å²) >= 11 is 0. The molecule has 0 bridgehead atoms. The fourth-order valence-electron chi connectivity index (χ4n) is 3.10. The first kappa shape index (κ1) is 15.0. The van der Waals surface area contributed by atoms with Gasteiger partial charge in [0.2, 0.25) is 5.91 Å². The highest BCUT2D eigenvalue weighted by Gasteiger charge is 2.25. The van der Waals surface area contributed by atoms with Gasteiger partial charge in [0.1, 0.15) is 11.6 Å². The first-order chi connectivity index (χ1) is 10.6. The highest BCUT2D eigenvalue weighted by molar-refractivity contribution is 5.76. The zero-order valence-electron chi connectivity index (χ0n) is 12.4. The molecule has 6 heteroatoms. The molecule has 5 nitrogen and oxygen atoms in total. The number of carbonyl (C=O) groups is 1. The minimum atomic E-state index is -0.288. The Morgan fingerprint density at radius 1 is 1.45 bits per heavy atom. The van der Waals surface area contributed by atoms with E-state index in [2.05, 4.69) is 15.3 Å². The third-order valence-corrected chi connectivity index (χ3v) is 4.34. The van der Waals surface area contributed by atoms with Crippen LogP contribution in [-0.2, 0) is 11.2 Å². The molecule has 0 aliphatic heterocycles. The molecule has 1 heterocycles. The van der Waals surface area contributed by atoms with Gasteiger partial charge in [0.25, 0.3) is 0 Å². The number of hydrogen-bond donors (Lipinski definition) is 3. The Hall–Kier alpha value is -1.95. The van der Waals surface area contributed by atoms with Crippen molar-refractivity contribution in [3.63, 3.8) is 0 Å². The van der Waals surface area contributed by atoms with E-state index in [-0.39, 0.29) is 17.8 Å². The summed E-state index contributed by atoms with van der Waals surface area (Å²) < 4.78 is 13.1. The lowest BCUT2D eigenvalue weighted by Gasteiger charge is -2.14. The smallest absolute Gasteiger partial charge is 0.220 e. The number of amides is 1. The summed E-state index contributed by atoms with van der Waals surface area (Å²) in [5.74, 6) is 0.820. The van der Waals surface area contributed by atoms with Gasteiger partial charge in [0, 0.05) is 25.4 Å². The summed E-state index contributed by atoms with van der Waals surface area (Å²) in [6.45, 7) is 0.517. The van der Waals surface area contributed by atoms with Crippen molar-refractivity contribution in [2.45, 2.75) is 38.1 Å². The van der Waals surface area contributed by atoms with Crippen LogP contribution in [0.3, 0.4) is 0 Å². The number of aromatic nitrogens is 2. The molecule has 118 valence electrons. The van der Waals surface area contributed by atoms with Gasteiger partial charge in [0.05, 0.1) is 11.0 Å². The summed E-state index contributed by atoms with van der Waals surface area (Å²) in [6.07, 6.45) is 4.29. The third-order valence-electron chi connectivity index (χ3n) is 4.34. The first-order valence-electron chi connectivity index (χ1n) is 7.78. The predicted molar refractivity (Wildman–Crippen MR) is 82.7 cm³/mol. The zero-order chi connectivity index (χ0) is 15.5. The molecule has 1 aliphatic carbocycles. The standard InChI is InChI=1S/C16H21FN4O/c17-11-4-5-13-14(9-11)21-15(20-13)6-7-19-16(22)8-10-2-1-3-12(10)18/h4-5,9-10,12H,1-3,6-8,18H2,(H,19,22)(H,20,21)/t10-,12+/m0/s1. The SMILES string of the molecule is N[C@@H]1CCC[C@H]1CC(=O)NCCc1nc2ccc(F)cc2[nH]1. The monoisotopic (exact) mass is 304 g/mol. The lowest BCUT2D eigenvalue weighted by molar-refractivity contribution is -0.122. The molecule has 1 aromatic carbocycles. The minimum Gasteiger partial charge on any atom is -0.356 e. The van der Waals surface area contributed by atoms with E-state index in [1.807, 2.05) is 0 Å². The van der Waals surface area contributed by atoms with Gasteiger partial charge in [-0.2, -0.15) is 0 Å². The van der Waals surface area contributed by atoms with E-state index >= 15 is 0 Å². The number of benzene rings is 1. The molecule has 0 spiro atoms. The summed E-state index contributed by atoms with van der Waals surface area (Å²) in [4.78, 5) is 19.3. The van der Waals surface area contributed by atoms with Crippen LogP contribution in [0.15, 0.2) is 18.2 Å². The lowest BCUT2D eigenvalue weighted by atomic mass is 10.00. The molecule has 1 fully saturated rings. The van der Waals surface area contributed by atoms with Gasteiger partial charge in [0.15, 0.2) is 0 Å². The number of halogens is 1. The summed E-state index contributed by atoms with van der Waals surface area (Å²) in [5, 5.41) is 2.91. The maximum atomic E-state index is 13.1. The summed E-state index contributed by atoms with van der Waals surface area (Å²) in [6, 6.07) is 4.62. The molecule has 4 N–H and O–H groups in total. The second kappa shape index (κ2) is 6.44. The molecule has 1 saturated carbocycles. The molecule has 3 rings (SSSR count). The molecule has 2 atom stereocenters. The van der Waals surface area contributed by atoms with Gasteiger partial charge in [-0.1, -0.05) is 6.42 Å². The molecule has 0 saturated heterocycles. The van der Waals surface area contributed by atoms with Gasteiger partial charge >= 0.3 is 0 Å². The molecular formula is C16H21FN4O. The fraction of sp³-hybridized carbons (Fsp3) is 0.500. The van der Waals surface area contributed by atoms with Gasteiger partial charge in [-0.05, 0) is 37.0 Å². The summed E-state index contributed by atoms with van der Waals surface area (Å²) in [7, 11) is 0. The van der Waals surface area contributed by atoms with E-state index in [1.165, 1.54) is 12.1 Å². The van der Waals surface area contributed by atoms with Crippen molar-refractivity contribution in [1.82, 2.24) is 15.3 Å². The van der Waals surface area contributed by atoms with E-state index in [1.54, 1.807) is 6.07 Å². The van der Waals surface area contributed by atoms with Gasteiger partial charge in [-0.3, -0.25) is 4.79 Å². The normalized spacial score (nSPS) is 21.4. The van der Waals surface area contributed by atoms with Crippen LogP contribution in [0.5, 0.6) is 0 Å². The van der Waals surface area contributed by atoms with Crippen molar-refractivity contribution in [2.75, 3.05) is 6.54 Å². The van der Waals surface area contributed by atoms with Crippen LogP contribution < -0.4 is 11.1 Å². The maximum absolute atomic E-state index is 13.1. The Morgan fingerprint density at radius 2 is 2.32 bits per heavy atom. The number of aromatic amines is 1. The number of hydrogen-bond acceptors (Lipinski definition) is 3. The average Bonchev–Trinajstić information content (AvgIpc) is 3.05. The average molecular weight is 304 g/mol. The fourth-order valence-corrected chi connectivity index (χ4v) is 3.10. The van der Waals surface area contributed by atoms with Crippen molar-refractivity contribution in [1.29, 1.82) is 0 Å². The number of nitrogens with zero attached hydrogens (tertiary/aromatic N) is 1. The molecule has 0 radical (unpaired) electrons. The van der Waals surface area contributed by atoms with Crippen molar-refractivity contribution in [2.24, 2.45) is 11.7 Å². The number of nitrogens with two attached hydrogens (primary N) is 1. The Kier molecular flexibility index (Phi) is 4.38. The highest BCUT2D eigenvalue weighted by Crippen LogP contribution is 2.26. The number of rotatable bonds is 5. The topological polar surface area (TPSA) is 83.8 Å². The first-order valence-corrected chi connectivity index (χ1v) is 7.78. The van der Waals surface area contributed by atoms with Crippen molar-refractivity contribution in [3.8, 4) is 0 Å². The Bertz CT molecular complexity index is 669. The molecule has 1 amide bonds.